The van der Waals surface area contributed by atoms with Crippen LogP contribution in [0.15, 0.2) is 22.8 Å². The Hall–Kier alpha value is -0.800. The topological polar surface area (TPSA) is 34.4 Å². The van der Waals surface area contributed by atoms with Gasteiger partial charge in [-0.05, 0) is 69.5 Å². The summed E-state index contributed by atoms with van der Waals surface area (Å²) in [5.41, 5.74) is 0.457. The molecule has 0 aliphatic carbocycles. The normalized spacial score (nSPS) is 24.8. The second kappa shape index (κ2) is 7.65. The highest BCUT2D eigenvalue weighted by Crippen LogP contribution is 2.45. The van der Waals surface area contributed by atoms with E-state index in [9.17, 15) is 0 Å². The molecule has 1 atom stereocenters. The van der Waals surface area contributed by atoms with Gasteiger partial charge >= 0.3 is 0 Å². The third kappa shape index (κ3) is 5.44. The highest BCUT2D eigenvalue weighted by Gasteiger charge is 2.40. The fourth-order valence-electron chi connectivity index (χ4n) is 3.71. The molecule has 0 amide bonds. The molecule has 22 heavy (non-hydrogen) atoms. The maximum atomic E-state index is 5.96. The number of furan rings is 1. The van der Waals surface area contributed by atoms with Crippen molar-refractivity contribution < 1.29 is 9.15 Å². The summed E-state index contributed by atoms with van der Waals surface area (Å²) >= 11 is 0. The second-order valence-electron chi connectivity index (χ2n) is 7.97. The van der Waals surface area contributed by atoms with Gasteiger partial charge < -0.3 is 14.5 Å². The van der Waals surface area contributed by atoms with Crippen molar-refractivity contribution in [3.05, 3.63) is 24.2 Å². The largest absolute Gasteiger partial charge is 0.468 e. The number of nitrogens with one attached hydrogen (secondary N) is 1. The summed E-state index contributed by atoms with van der Waals surface area (Å²) in [5, 5.41) is 3.54. The summed E-state index contributed by atoms with van der Waals surface area (Å²) in [5.74, 6) is 1.79. The van der Waals surface area contributed by atoms with Crippen LogP contribution in [0.2, 0.25) is 0 Å². The van der Waals surface area contributed by atoms with Crippen LogP contribution in [-0.4, -0.2) is 18.8 Å². The van der Waals surface area contributed by atoms with Gasteiger partial charge in [-0.1, -0.05) is 20.3 Å². The fourth-order valence-corrected chi connectivity index (χ4v) is 3.71. The minimum atomic E-state index is 0.0240. The third-order valence-corrected chi connectivity index (χ3v) is 4.89. The van der Waals surface area contributed by atoms with Gasteiger partial charge in [-0.2, -0.15) is 0 Å². The monoisotopic (exact) mass is 307 g/mol. The molecule has 0 radical (unpaired) electrons. The van der Waals surface area contributed by atoms with Crippen molar-refractivity contribution in [3.63, 3.8) is 0 Å². The Bertz CT molecular complexity index is 425. The number of ether oxygens (including phenoxy) is 1. The van der Waals surface area contributed by atoms with E-state index >= 15 is 0 Å². The maximum Gasteiger partial charge on any atom is 0.117 e. The molecule has 0 aromatic carbocycles. The molecule has 3 heteroatoms. The molecule has 2 rings (SSSR count). The zero-order valence-electron chi connectivity index (χ0n) is 14.8. The summed E-state index contributed by atoms with van der Waals surface area (Å²) in [4.78, 5) is 0. The molecular formula is C19H33NO2. The van der Waals surface area contributed by atoms with Crippen molar-refractivity contribution in [2.75, 3.05) is 13.2 Å². The number of hydrogen-bond acceptors (Lipinski definition) is 3. The predicted octanol–water partition coefficient (Wildman–Crippen LogP) is 4.77. The SMILES string of the molecule is CC(C)CC[C@]1(CCNCc2ccco2)CCOC(C)(C)C1. The van der Waals surface area contributed by atoms with E-state index in [2.05, 4.69) is 33.0 Å². The molecular weight excluding hydrogens is 274 g/mol. The van der Waals surface area contributed by atoms with E-state index in [1.165, 1.54) is 32.1 Å². The molecule has 1 aromatic rings. The molecule has 1 saturated heterocycles. The van der Waals surface area contributed by atoms with Gasteiger partial charge in [-0.15, -0.1) is 0 Å². The lowest BCUT2D eigenvalue weighted by molar-refractivity contribution is -0.110. The standard InChI is InChI=1S/C19H33NO2/c1-16(2)7-8-19(10-13-22-18(3,4)15-19)9-11-20-14-17-6-5-12-21-17/h5-6,12,16,20H,7-11,13-15H2,1-4H3/t19-/m0/s1. The van der Waals surface area contributed by atoms with Crippen LogP contribution in [0.3, 0.4) is 0 Å². The Balaban J connectivity index is 1.86. The summed E-state index contributed by atoms with van der Waals surface area (Å²) in [7, 11) is 0. The van der Waals surface area contributed by atoms with Crippen LogP contribution in [0, 0.1) is 11.3 Å². The molecule has 1 aliphatic heterocycles. The molecule has 1 aliphatic rings. The van der Waals surface area contributed by atoms with Crippen molar-refractivity contribution in [1.29, 1.82) is 0 Å². The minimum absolute atomic E-state index is 0.0240. The Morgan fingerprint density at radius 2 is 2.09 bits per heavy atom. The van der Waals surface area contributed by atoms with Crippen LogP contribution in [0.25, 0.3) is 0 Å². The molecule has 1 aromatic heterocycles. The van der Waals surface area contributed by atoms with Crippen LogP contribution in [-0.2, 0) is 11.3 Å². The van der Waals surface area contributed by atoms with Crippen molar-refractivity contribution >= 4 is 0 Å². The van der Waals surface area contributed by atoms with E-state index < -0.39 is 0 Å². The molecule has 3 nitrogen and oxygen atoms in total. The molecule has 0 saturated carbocycles. The van der Waals surface area contributed by atoms with Crippen molar-refractivity contribution in [3.8, 4) is 0 Å². The van der Waals surface area contributed by atoms with E-state index in [-0.39, 0.29) is 5.60 Å². The number of rotatable bonds is 8. The lowest BCUT2D eigenvalue weighted by Crippen LogP contribution is -2.42. The lowest BCUT2D eigenvalue weighted by atomic mass is 9.68. The van der Waals surface area contributed by atoms with Gasteiger partial charge in [-0.25, -0.2) is 0 Å². The van der Waals surface area contributed by atoms with Crippen molar-refractivity contribution in [2.24, 2.45) is 11.3 Å². The summed E-state index contributed by atoms with van der Waals surface area (Å²) < 4.78 is 11.3. The van der Waals surface area contributed by atoms with E-state index in [0.29, 0.717) is 5.41 Å². The maximum absolute atomic E-state index is 5.96. The molecule has 0 bridgehead atoms. The molecule has 1 fully saturated rings. The average molecular weight is 307 g/mol. The van der Waals surface area contributed by atoms with E-state index in [0.717, 1.165) is 31.4 Å². The van der Waals surface area contributed by atoms with E-state index in [1.807, 2.05) is 12.1 Å². The number of hydrogen-bond donors (Lipinski definition) is 1. The van der Waals surface area contributed by atoms with Gasteiger partial charge in [0.1, 0.15) is 5.76 Å². The first kappa shape index (κ1) is 17.6. The van der Waals surface area contributed by atoms with Gasteiger partial charge in [0.05, 0.1) is 18.4 Å². The first-order chi connectivity index (χ1) is 10.4. The van der Waals surface area contributed by atoms with Crippen LogP contribution in [0.1, 0.15) is 65.6 Å². The van der Waals surface area contributed by atoms with Gasteiger partial charge in [-0.3, -0.25) is 0 Å². The van der Waals surface area contributed by atoms with Crippen LogP contribution in [0.5, 0.6) is 0 Å². The first-order valence-electron chi connectivity index (χ1n) is 8.78. The highest BCUT2D eigenvalue weighted by atomic mass is 16.5. The van der Waals surface area contributed by atoms with Crippen LogP contribution in [0.4, 0.5) is 0 Å². The fraction of sp³-hybridized carbons (Fsp3) is 0.789. The Kier molecular flexibility index (Phi) is 6.10. The summed E-state index contributed by atoms with van der Waals surface area (Å²) in [6, 6.07) is 3.97. The summed E-state index contributed by atoms with van der Waals surface area (Å²) in [6.07, 6.45) is 7.98. The Morgan fingerprint density at radius 3 is 2.73 bits per heavy atom. The smallest absolute Gasteiger partial charge is 0.117 e. The zero-order chi connectivity index (χ0) is 16.1. The van der Waals surface area contributed by atoms with Crippen LogP contribution >= 0.6 is 0 Å². The molecule has 1 N–H and O–H groups in total. The molecule has 2 heterocycles. The van der Waals surface area contributed by atoms with Gasteiger partial charge in [0.2, 0.25) is 0 Å². The van der Waals surface area contributed by atoms with Gasteiger partial charge in [0.25, 0.3) is 0 Å². The lowest BCUT2D eigenvalue weighted by Gasteiger charge is -2.45. The van der Waals surface area contributed by atoms with E-state index in [1.54, 1.807) is 6.26 Å². The quantitative estimate of drug-likeness (QED) is 0.702. The molecule has 0 spiro atoms. The van der Waals surface area contributed by atoms with E-state index in [4.69, 9.17) is 9.15 Å². The third-order valence-electron chi connectivity index (χ3n) is 4.89. The predicted molar refractivity (Wildman–Crippen MR) is 90.8 cm³/mol. The second-order valence-corrected chi connectivity index (χ2v) is 7.97. The minimum Gasteiger partial charge on any atom is -0.468 e. The molecule has 0 unspecified atom stereocenters. The van der Waals surface area contributed by atoms with Gasteiger partial charge in [0.15, 0.2) is 0 Å². The average Bonchev–Trinajstić information content (AvgIpc) is 2.94. The van der Waals surface area contributed by atoms with Crippen molar-refractivity contribution in [1.82, 2.24) is 5.32 Å². The first-order valence-corrected chi connectivity index (χ1v) is 8.78. The Labute approximate surface area is 135 Å². The zero-order valence-corrected chi connectivity index (χ0v) is 14.8. The van der Waals surface area contributed by atoms with Crippen LogP contribution < -0.4 is 5.32 Å². The highest BCUT2D eigenvalue weighted by molar-refractivity contribution is 4.97. The van der Waals surface area contributed by atoms with Crippen molar-refractivity contribution in [2.45, 2.75) is 71.9 Å². The van der Waals surface area contributed by atoms with Gasteiger partial charge in [0, 0.05) is 6.61 Å². The summed E-state index contributed by atoms with van der Waals surface area (Å²) in [6.45, 7) is 11.9. The molecule has 126 valence electrons. The Morgan fingerprint density at radius 1 is 1.27 bits per heavy atom.